The molecule has 0 fully saturated rings. The quantitative estimate of drug-likeness (QED) is 0.625. The summed E-state index contributed by atoms with van der Waals surface area (Å²) in [5.74, 6) is -0.738. The van der Waals surface area contributed by atoms with Crippen molar-refractivity contribution in [3.63, 3.8) is 0 Å². The molecule has 130 valence electrons. The first-order valence-corrected chi connectivity index (χ1v) is 7.71. The van der Waals surface area contributed by atoms with Gasteiger partial charge in [0.1, 0.15) is 5.75 Å². The Kier molecular flexibility index (Phi) is 5.89. The smallest absolute Gasteiger partial charge is 0.307 e. The lowest BCUT2D eigenvalue weighted by Gasteiger charge is -2.10. The van der Waals surface area contributed by atoms with E-state index in [-0.39, 0.29) is 12.3 Å². The van der Waals surface area contributed by atoms with Gasteiger partial charge in [0, 0.05) is 11.1 Å². The average Bonchev–Trinajstić information content (AvgIpc) is 2.59. The molecule has 1 amide bonds. The number of aryl methyl sites for hydroxylation is 1. The molecule has 25 heavy (non-hydrogen) atoms. The number of carboxylic acid groups (broad SMARTS) is 1. The van der Waals surface area contributed by atoms with Crippen LogP contribution < -0.4 is 10.2 Å². The van der Waals surface area contributed by atoms with E-state index in [4.69, 9.17) is 9.84 Å². The lowest BCUT2D eigenvalue weighted by molar-refractivity contribution is -0.136. The predicted molar refractivity (Wildman–Crippen MR) is 95.2 cm³/mol. The van der Waals surface area contributed by atoms with Gasteiger partial charge in [-0.1, -0.05) is 18.2 Å². The zero-order valence-corrected chi connectivity index (χ0v) is 14.4. The molecule has 2 aromatic carbocycles. The number of amides is 1. The Balaban J connectivity index is 2.20. The second-order valence-electron chi connectivity index (χ2n) is 5.55. The highest BCUT2D eigenvalue weighted by molar-refractivity contribution is 6.01. The minimum atomic E-state index is -0.946. The molecule has 0 radical (unpaired) electrons. The Morgan fingerprint density at radius 3 is 2.56 bits per heavy atom. The number of rotatable bonds is 6. The molecule has 6 nitrogen and oxygen atoms in total. The first-order chi connectivity index (χ1) is 11.9. The maximum absolute atomic E-state index is 12.2. The molecule has 0 saturated carbocycles. The lowest BCUT2D eigenvalue weighted by atomic mass is 10.0. The molecule has 0 atom stereocenters. The van der Waals surface area contributed by atoms with Crippen LogP contribution in [0.1, 0.15) is 34.0 Å². The van der Waals surface area contributed by atoms with Crippen LogP contribution in [0.3, 0.4) is 0 Å². The van der Waals surface area contributed by atoms with Crippen LogP contribution in [-0.4, -0.2) is 29.8 Å². The summed E-state index contributed by atoms with van der Waals surface area (Å²) < 4.78 is 5.18. The maximum atomic E-state index is 12.2. The number of nitrogens with zero attached hydrogens (tertiary/aromatic N) is 1. The van der Waals surface area contributed by atoms with Crippen molar-refractivity contribution in [2.75, 3.05) is 7.11 Å². The summed E-state index contributed by atoms with van der Waals surface area (Å²) in [5.41, 5.74) is 5.77. The van der Waals surface area contributed by atoms with E-state index < -0.39 is 5.97 Å². The van der Waals surface area contributed by atoms with Gasteiger partial charge in [-0.2, -0.15) is 5.10 Å². The highest BCUT2D eigenvalue weighted by atomic mass is 16.5. The highest BCUT2D eigenvalue weighted by Crippen LogP contribution is 2.21. The number of hydrogen-bond donors (Lipinski definition) is 2. The van der Waals surface area contributed by atoms with E-state index in [1.165, 1.54) is 7.11 Å². The third-order valence-electron chi connectivity index (χ3n) is 3.75. The zero-order valence-electron chi connectivity index (χ0n) is 14.4. The highest BCUT2D eigenvalue weighted by Gasteiger charge is 2.11. The minimum Gasteiger partial charge on any atom is -0.496 e. The molecular formula is C19H20N2O4. The second-order valence-corrected chi connectivity index (χ2v) is 5.55. The fourth-order valence-electron chi connectivity index (χ4n) is 2.39. The molecule has 0 aliphatic carbocycles. The summed E-state index contributed by atoms with van der Waals surface area (Å²) in [5, 5.41) is 13.1. The van der Waals surface area contributed by atoms with Crippen molar-refractivity contribution < 1.29 is 19.4 Å². The largest absolute Gasteiger partial charge is 0.496 e. The third kappa shape index (κ3) is 4.67. The molecule has 6 heteroatoms. The Bertz CT molecular complexity index is 828. The number of ether oxygens (including phenoxy) is 1. The van der Waals surface area contributed by atoms with Gasteiger partial charge in [0.2, 0.25) is 0 Å². The minimum absolute atomic E-state index is 0.153. The Morgan fingerprint density at radius 1 is 1.20 bits per heavy atom. The van der Waals surface area contributed by atoms with Gasteiger partial charge in [0.05, 0.1) is 19.2 Å². The number of benzene rings is 2. The fourth-order valence-corrected chi connectivity index (χ4v) is 2.39. The van der Waals surface area contributed by atoms with Crippen molar-refractivity contribution in [3.05, 3.63) is 64.7 Å². The van der Waals surface area contributed by atoms with Crippen LogP contribution >= 0.6 is 0 Å². The molecule has 0 unspecified atom stereocenters. The Hall–Kier alpha value is -3.15. The lowest BCUT2D eigenvalue weighted by Crippen LogP contribution is -2.20. The van der Waals surface area contributed by atoms with Gasteiger partial charge in [-0.3, -0.25) is 9.59 Å². The van der Waals surface area contributed by atoms with E-state index in [1.54, 1.807) is 37.3 Å². The second kappa shape index (κ2) is 8.10. The molecule has 0 aliphatic heterocycles. The van der Waals surface area contributed by atoms with Crippen molar-refractivity contribution in [2.24, 2.45) is 5.10 Å². The van der Waals surface area contributed by atoms with Gasteiger partial charge in [0.15, 0.2) is 0 Å². The molecule has 0 aliphatic rings. The SMILES string of the molecule is COc1ccc(/C(C)=N\NC(=O)c2ccccc2C)cc1CC(=O)O. The van der Waals surface area contributed by atoms with Crippen molar-refractivity contribution in [3.8, 4) is 5.75 Å². The summed E-state index contributed by atoms with van der Waals surface area (Å²) in [7, 11) is 1.49. The molecule has 0 spiro atoms. The fraction of sp³-hybridized carbons (Fsp3) is 0.211. The normalized spacial score (nSPS) is 11.1. The molecule has 0 aromatic heterocycles. The third-order valence-corrected chi connectivity index (χ3v) is 3.75. The first-order valence-electron chi connectivity index (χ1n) is 7.71. The van der Waals surface area contributed by atoms with Crippen LogP contribution in [-0.2, 0) is 11.2 Å². The Labute approximate surface area is 146 Å². The zero-order chi connectivity index (χ0) is 18.4. The monoisotopic (exact) mass is 340 g/mol. The summed E-state index contributed by atoms with van der Waals surface area (Å²) in [4.78, 5) is 23.2. The maximum Gasteiger partial charge on any atom is 0.307 e. The van der Waals surface area contributed by atoms with Crippen molar-refractivity contribution in [1.82, 2.24) is 5.43 Å². The van der Waals surface area contributed by atoms with Crippen LogP contribution in [0.2, 0.25) is 0 Å². The molecule has 2 N–H and O–H groups in total. The topological polar surface area (TPSA) is 88.0 Å². The van der Waals surface area contributed by atoms with Gasteiger partial charge in [0.25, 0.3) is 5.91 Å². The summed E-state index contributed by atoms with van der Waals surface area (Å²) >= 11 is 0. The van der Waals surface area contributed by atoms with Gasteiger partial charge < -0.3 is 9.84 Å². The van der Waals surface area contributed by atoms with Crippen molar-refractivity contribution >= 4 is 17.6 Å². The number of hydrazone groups is 1. The van der Waals surface area contributed by atoms with E-state index in [0.29, 0.717) is 28.2 Å². The molecular weight excluding hydrogens is 320 g/mol. The van der Waals surface area contributed by atoms with E-state index in [0.717, 1.165) is 5.56 Å². The van der Waals surface area contributed by atoms with Crippen molar-refractivity contribution in [2.45, 2.75) is 20.3 Å². The van der Waals surface area contributed by atoms with Crippen molar-refractivity contribution in [1.29, 1.82) is 0 Å². The van der Waals surface area contributed by atoms with Gasteiger partial charge in [-0.25, -0.2) is 5.43 Å². The summed E-state index contributed by atoms with van der Waals surface area (Å²) in [6.45, 7) is 3.59. The Morgan fingerprint density at radius 2 is 1.92 bits per heavy atom. The number of carboxylic acids is 1. The average molecular weight is 340 g/mol. The number of nitrogens with one attached hydrogen (secondary N) is 1. The molecule has 0 bridgehead atoms. The van der Waals surface area contributed by atoms with Gasteiger partial charge in [-0.05, 0) is 49.2 Å². The number of aliphatic carboxylic acids is 1. The van der Waals surface area contributed by atoms with E-state index >= 15 is 0 Å². The summed E-state index contributed by atoms with van der Waals surface area (Å²) in [6.07, 6.45) is -0.153. The first kappa shape index (κ1) is 18.2. The van der Waals surface area contributed by atoms with Crippen LogP contribution in [0.5, 0.6) is 5.75 Å². The number of carbonyl (C=O) groups excluding carboxylic acids is 1. The van der Waals surface area contributed by atoms with Crippen LogP contribution in [0.4, 0.5) is 0 Å². The van der Waals surface area contributed by atoms with Gasteiger partial charge >= 0.3 is 5.97 Å². The standard InChI is InChI=1S/C19H20N2O4/c1-12-6-4-5-7-16(12)19(24)21-20-13(2)14-8-9-17(25-3)15(10-14)11-18(22)23/h4-10H,11H2,1-3H3,(H,21,24)(H,22,23)/b20-13-. The van der Waals surface area contributed by atoms with Gasteiger partial charge in [-0.15, -0.1) is 0 Å². The van der Waals surface area contributed by atoms with Crippen LogP contribution in [0.25, 0.3) is 0 Å². The number of methoxy groups -OCH3 is 1. The predicted octanol–water partition coefficient (Wildman–Crippen LogP) is 2.78. The van der Waals surface area contributed by atoms with Crippen LogP contribution in [0.15, 0.2) is 47.6 Å². The van der Waals surface area contributed by atoms with E-state index in [2.05, 4.69) is 10.5 Å². The number of hydrogen-bond acceptors (Lipinski definition) is 4. The molecule has 0 heterocycles. The molecule has 2 aromatic rings. The number of carbonyl (C=O) groups is 2. The van der Waals surface area contributed by atoms with E-state index in [9.17, 15) is 9.59 Å². The molecule has 0 saturated heterocycles. The summed E-state index contributed by atoms with van der Waals surface area (Å²) in [6, 6.07) is 12.4. The van der Waals surface area contributed by atoms with E-state index in [1.807, 2.05) is 19.1 Å². The molecule has 2 rings (SSSR count). The van der Waals surface area contributed by atoms with Crippen LogP contribution in [0, 0.1) is 6.92 Å².